The number of hydrogen-bond donors (Lipinski definition) is 2. The molecule has 0 aliphatic rings. The summed E-state index contributed by atoms with van der Waals surface area (Å²) in [5.41, 5.74) is 0.203. The van der Waals surface area contributed by atoms with Gasteiger partial charge in [0.25, 0.3) is 0 Å². The first-order valence-electron chi connectivity index (χ1n) is 8.60. The van der Waals surface area contributed by atoms with E-state index in [4.69, 9.17) is 0 Å². The van der Waals surface area contributed by atoms with Crippen molar-refractivity contribution in [1.82, 2.24) is 10.6 Å². The predicted molar refractivity (Wildman–Crippen MR) is 107 cm³/mol. The summed E-state index contributed by atoms with van der Waals surface area (Å²) in [6.45, 7) is 1.34. The number of alkyl halides is 3. The topological polar surface area (TPSA) is 58.2 Å². The zero-order chi connectivity index (χ0) is 21.4. The second-order valence-corrected chi connectivity index (χ2v) is 7.08. The highest BCUT2D eigenvalue weighted by Crippen LogP contribution is 2.29. The molecule has 29 heavy (non-hydrogen) atoms. The van der Waals surface area contributed by atoms with Crippen molar-refractivity contribution in [3.63, 3.8) is 0 Å². The number of nitrogens with one attached hydrogen (secondary N) is 2. The Morgan fingerprint density at radius 3 is 2.45 bits per heavy atom. The largest absolute Gasteiger partial charge is 0.416 e. The van der Waals surface area contributed by atoms with Crippen molar-refractivity contribution < 1.29 is 22.8 Å². The van der Waals surface area contributed by atoms with Crippen LogP contribution in [0, 0.1) is 11.8 Å². The predicted octanol–water partition coefficient (Wildman–Crippen LogP) is 4.20. The van der Waals surface area contributed by atoms with Crippen molar-refractivity contribution >= 4 is 27.7 Å². The second-order valence-electron chi connectivity index (χ2n) is 6.17. The Hall–Kier alpha value is -2.79. The molecule has 2 rings (SSSR count). The average molecular weight is 467 g/mol. The van der Waals surface area contributed by atoms with Crippen molar-refractivity contribution in [3.05, 3.63) is 69.7 Å². The number of carbonyl (C=O) groups excluding carboxylic acids is 2. The summed E-state index contributed by atoms with van der Waals surface area (Å²) < 4.78 is 39.0. The van der Waals surface area contributed by atoms with E-state index >= 15 is 0 Å². The Balaban J connectivity index is 1.95. The van der Waals surface area contributed by atoms with Gasteiger partial charge >= 0.3 is 6.18 Å². The Labute approximate surface area is 175 Å². The van der Waals surface area contributed by atoms with E-state index in [0.717, 1.165) is 22.2 Å². The van der Waals surface area contributed by atoms with Crippen LogP contribution >= 0.6 is 15.9 Å². The molecule has 0 saturated heterocycles. The van der Waals surface area contributed by atoms with E-state index in [1.54, 1.807) is 12.1 Å². The van der Waals surface area contributed by atoms with Gasteiger partial charge in [-0.1, -0.05) is 46.0 Å². The molecule has 1 atom stereocenters. The molecule has 2 N–H and O–H groups in total. The van der Waals surface area contributed by atoms with Gasteiger partial charge in [0.05, 0.1) is 24.6 Å². The number of carbonyl (C=O) groups is 2. The smallest absolute Gasteiger partial charge is 0.349 e. The lowest BCUT2D eigenvalue weighted by Crippen LogP contribution is -2.32. The van der Waals surface area contributed by atoms with Crippen molar-refractivity contribution in [2.75, 3.05) is 6.54 Å². The molecule has 4 nitrogen and oxygen atoms in total. The summed E-state index contributed by atoms with van der Waals surface area (Å²) in [6, 6.07) is 11.4. The Bertz CT molecular complexity index is 931. The summed E-state index contributed by atoms with van der Waals surface area (Å²) in [7, 11) is 0. The van der Waals surface area contributed by atoms with Gasteiger partial charge < -0.3 is 10.6 Å². The van der Waals surface area contributed by atoms with Crippen LogP contribution in [0.1, 0.15) is 36.1 Å². The van der Waals surface area contributed by atoms with E-state index in [-0.39, 0.29) is 30.3 Å². The van der Waals surface area contributed by atoms with Crippen LogP contribution in [0.15, 0.2) is 53.0 Å². The van der Waals surface area contributed by atoms with E-state index in [1.807, 2.05) is 12.1 Å². The third kappa shape index (κ3) is 7.62. The van der Waals surface area contributed by atoms with E-state index < -0.39 is 17.8 Å². The molecule has 0 aliphatic carbocycles. The van der Waals surface area contributed by atoms with Crippen LogP contribution in [0.2, 0.25) is 0 Å². The lowest BCUT2D eigenvalue weighted by molar-refractivity contribution is -0.137. The SMILES string of the molecule is CC(=O)NC(CC(=O)NCC#Cc1cccc(C(F)(F)F)c1)c1ccc(Br)cc1. The molecule has 2 aromatic rings. The molecule has 0 fully saturated rings. The minimum Gasteiger partial charge on any atom is -0.349 e. The molecule has 0 radical (unpaired) electrons. The van der Waals surface area contributed by atoms with Gasteiger partial charge in [-0.25, -0.2) is 0 Å². The van der Waals surface area contributed by atoms with E-state index in [2.05, 4.69) is 38.4 Å². The summed E-state index contributed by atoms with van der Waals surface area (Å²) in [5, 5.41) is 5.31. The lowest BCUT2D eigenvalue weighted by Gasteiger charge is -2.18. The molecule has 0 aromatic heterocycles. The molecular formula is C21H18BrF3N2O2. The first-order valence-corrected chi connectivity index (χ1v) is 9.40. The zero-order valence-electron chi connectivity index (χ0n) is 15.4. The highest BCUT2D eigenvalue weighted by atomic mass is 79.9. The van der Waals surface area contributed by atoms with E-state index in [1.165, 1.54) is 19.1 Å². The summed E-state index contributed by atoms with van der Waals surface area (Å²) >= 11 is 3.33. The van der Waals surface area contributed by atoms with Crippen LogP contribution in [0.4, 0.5) is 13.2 Å². The summed E-state index contributed by atoms with van der Waals surface area (Å²) in [6.07, 6.45) is -4.43. The van der Waals surface area contributed by atoms with E-state index in [9.17, 15) is 22.8 Å². The van der Waals surface area contributed by atoms with Crippen molar-refractivity contribution in [2.45, 2.75) is 25.6 Å². The second kappa shape index (κ2) is 10.1. The van der Waals surface area contributed by atoms with Crippen molar-refractivity contribution in [1.29, 1.82) is 0 Å². The third-order valence-electron chi connectivity index (χ3n) is 3.84. The number of benzene rings is 2. The van der Waals surface area contributed by atoms with Gasteiger partial charge in [-0.05, 0) is 35.9 Å². The minimum absolute atomic E-state index is 0.00640. The van der Waals surface area contributed by atoms with Crippen LogP contribution in [-0.2, 0) is 15.8 Å². The van der Waals surface area contributed by atoms with Gasteiger partial charge in [-0.2, -0.15) is 13.2 Å². The van der Waals surface area contributed by atoms with Gasteiger partial charge in [0, 0.05) is 17.0 Å². The fraction of sp³-hybridized carbons (Fsp3) is 0.238. The van der Waals surface area contributed by atoms with Crippen LogP contribution in [0.3, 0.4) is 0 Å². The fourth-order valence-electron chi connectivity index (χ4n) is 2.51. The van der Waals surface area contributed by atoms with Gasteiger partial charge in [-0.3, -0.25) is 9.59 Å². The maximum Gasteiger partial charge on any atom is 0.416 e. The van der Waals surface area contributed by atoms with Gasteiger partial charge in [-0.15, -0.1) is 0 Å². The van der Waals surface area contributed by atoms with Crippen LogP contribution < -0.4 is 10.6 Å². The monoisotopic (exact) mass is 466 g/mol. The molecule has 2 amide bonds. The van der Waals surface area contributed by atoms with Crippen LogP contribution in [0.25, 0.3) is 0 Å². The number of halogens is 4. The quantitative estimate of drug-likeness (QED) is 0.648. The van der Waals surface area contributed by atoms with Crippen molar-refractivity contribution in [2.24, 2.45) is 0 Å². The summed E-state index contributed by atoms with van der Waals surface area (Å²) in [5.74, 6) is 4.61. The van der Waals surface area contributed by atoms with E-state index in [0.29, 0.717) is 0 Å². The van der Waals surface area contributed by atoms with Gasteiger partial charge in [0.1, 0.15) is 0 Å². The molecular weight excluding hydrogens is 449 g/mol. The first kappa shape index (κ1) is 22.5. The van der Waals surface area contributed by atoms with Crippen LogP contribution in [0.5, 0.6) is 0 Å². The van der Waals surface area contributed by atoms with Crippen molar-refractivity contribution in [3.8, 4) is 11.8 Å². The molecule has 0 heterocycles. The number of rotatable bonds is 5. The average Bonchev–Trinajstić information content (AvgIpc) is 2.64. The first-order chi connectivity index (χ1) is 13.6. The molecule has 0 spiro atoms. The van der Waals surface area contributed by atoms with Gasteiger partial charge in [0.15, 0.2) is 0 Å². The lowest BCUT2D eigenvalue weighted by atomic mass is 10.0. The summed E-state index contributed by atoms with van der Waals surface area (Å²) in [4.78, 5) is 23.6. The number of amides is 2. The zero-order valence-corrected chi connectivity index (χ0v) is 17.0. The van der Waals surface area contributed by atoms with Gasteiger partial charge in [0.2, 0.25) is 11.8 Å². The molecule has 0 bridgehead atoms. The van der Waals surface area contributed by atoms with Crippen LogP contribution in [-0.4, -0.2) is 18.4 Å². The Kier molecular flexibility index (Phi) is 7.85. The molecule has 0 aliphatic heterocycles. The Morgan fingerprint density at radius 2 is 1.83 bits per heavy atom. The molecule has 8 heteroatoms. The standard InChI is InChI=1S/C21H18BrF3N2O2/c1-14(28)27-19(16-7-9-18(22)10-8-16)13-20(29)26-11-3-5-15-4-2-6-17(12-15)21(23,24)25/h2,4,6-10,12,19H,11,13H2,1H3,(H,26,29)(H,27,28). The molecule has 0 saturated carbocycles. The number of hydrogen-bond acceptors (Lipinski definition) is 2. The molecule has 2 aromatic carbocycles. The maximum atomic E-state index is 12.7. The maximum absolute atomic E-state index is 12.7. The normalized spacial score (nSPS) is 11.8. The highest BCUT2D eigenvalue weighted by Gasteiger charge is 2.30. The third-order valence-corrected chi connectivity index (χ3v) is 4.36. The molecule has 152 valence electrons. The Morgan fingerprint density at radius 1 is 1.14 bits per heavy atom. The fourth-order valence-corrected chi connectivity index (χ4v) is 2.78. The minimum atomic E-state index is -4.43. The molecule has 1 unspecified atom stereocenters. The highest BCUT2D eigenvalue weighted by molar-refractivity contribution is 9.10.